The van der Waals surface area contributed by atoms with E-state index < -0.39 is 0 Å². The van der Waals surface area contributed by atoms with E-state index in [4.69, 9.17) is 5.73 Å². The van der Waals surface area contributed by atoms with Gasteiger partial charge in [0.15, 0.2) is 0 Å². The summed E-state index contributed by atoms with van der Waals surface area (Å²) in [7, 11) is 1.79. The number of nitrogens with one attached hydrogen (secondary N) is 1. The van der Waals surface area contributed by atoms with E-state index in [1.54, 1.807) is 24.1 Å². The van der Waals surface area contributed by atoms with Crippen molar-refractivity contribution in [3.05, 3.63) is 18.2 Å². The van der Waals surface area contributed by atoms with Crippen LogP contribution >= 0.6 is 0 Å². The molecule has 1 aromatic rings. The summed E-state index contributed by atoms with van der Waals surface area (Å²) in [6.45, 7) is 2.51. The smallest absolute Gasteiger partial charge is 0.269 e. The minimum atomic E-state index is -0.106. The van der Waals surface area contributed by atoms with Crippen molar-refractivity contribution >= 4 is 5.91 Å². The molecule has 0 aliphatic rings. The van der Waals surface area contributed by atoms with Crippen molar-refractivity contribution in [1.82, 2.24) is 14.9 Å². The number of aromatic nitrogens is 2. The van der Waals surface area contributed by atoms with E-state index >= 15 is 0 Å². The Morgan fingerprint density at radius 1 is 1.79 bits per heavy atom. The topological polar surface area (TPSA) is 72.9 Å². The van der Waals surface area contributed by atoms with Gasteiger partial charge in [0, 0.05) is 19.6 Å². The van der Waals surface area contributed by atoms with Gasteiger partial charge in [-0.05, 0) is 13.3 Å². The second kappa shape index (κ2) is 4.76. The molecule has 1 heterocycles. The fourth-order valence-electron chi connectivity index (χ4n) is 1.08. The summed E-state index contributed by atoms with van der Waals surface area (Å²) in [6.07, 6.45) is 3.92. The van der Waals surface area contributed by atoms with Crippen LogP contribution in [-0.4, -0.2) is 28.0 Å². The number of hydrogen-bond donors (Lipinski definition) is 2. The Morgan fingerprint density at radius 3 is 3.00 bits per heavy atom. The van der Waals surface area contributed by atoms with E-state index in [0.29, 0.717) is 12.2 Å². The molecule has 5 heteroatoms. The summed E-state index contributed by atoms with van der Waals surface area (Å²) in [5, 5.41) is 2.78. The summed E-state index contributed by atoms with van der Waals surface area (Å²) < 4.78 is 1.68. The molecule has 0 saturated heterocycles. The quantitative estimate of drug-likeness (QED) is 0.705. The zero-order chi connectivity index (χ0) is 10.6. The number of amides is 1. The lowest BCUT2D eigenvalue weighted by atomic mass is 10.2. The molecule has 0 radical (unpaired) electrons. The van der Waals surface area contributed by atoms with Crippen LogP contribution < -0.4 is 11.1 Å². The third-order valence-electron chi connectivity index (χ3n) is 1.93. The number of carbonyl (C=O) groups is 1. The van der Waals surface area contributed by atoms with Gasteiger partial charge in [-0.2, -0.15) is 0 Å². The van der Waals surface area contributed by atoms with Gasteiger partial charge in [0.05, 0.1) is 12.5 Å². The van der Waals surface area contributed by atoms with Gasteiger partial charge in [-0.25, -0.2) is 4.98 Å². The van der Waals surface area contributed by atoms with Crippen LogP contribution in [0, 0.1) is 0 Å². The monoisotopic (exact) mass is 196 g/mol. The first-order valence-corrected chi connectivity index (χ1v) is 4.61. The van der Waals surface area contributed by atoms with Crippen molar-refractivity contribution in [3.63, 3.8) is 0 Å². The van der Waals surface area contributed by atoms with Crippen molar-refractivity contribution in [1.29, 1.82) is 0 Å². The van der Waals surface area contributed by atoms with Crippen molar-refractivity contribution in [2.24, 2.45) is 12.8 Å². The first-order valence-electron chi connectivity index (χ1n) is 4.61. The molecule has 1 rings (SSSR count). The molecule has 78 valence electrons. The Labute approximate surface area is 83.3 Å². The highest BCUT2D eigenvalue weighted by Gasteiger charge is 2.08. The number of rotatable bonds is 4. The predicted octanol–water partition coefficient (Wildman–Crippen LogP) is -0.113. The van der Waals surface area contributed by atoms with Crippen LogP contribution in [0.3, 0.4) is 0 Å². The van der Waals surface area contributed by atoms with E-state index in [1.165, 1.54) is 0 Å². The lowest BCUT2D eigenvalue weighted by Gasteiger charge is -2.07. The van der Waals surface area contributed by atoms with Crippen LogP contribution in [0.15, 0.2) is 12.5 Å². The maximum atomic E-state index is 11.5. The van der Waals surface area contributed by atoms with Crippen LogP contribution in [0.2, 0.25) is 0 Å². The molecular weight excluding hydrogens is 180 g/mol. The SMILES string of the molecule is CC(N)CCNC(=O)c1cncn1C. The van der Waals surface area contributed by atoms with Gasteiger partial charge in [0.2, 0.25) is 0 Å². The van der Waals surface area contributed by atoms with E-state index in [9.17, 15) is 4.79 Å². The second-order valence-electron chi connectivity index (χ2n) is 3.41. The summed E-state index contributed by atoms with van der Waals surface area (Å²) >= 11 is 0. The van der Waals surface area contributed by atoms with E-state index in [2.05, 4.69) is 10.3 Å². The standard InChI is InChI=1S/C9H16N4O/c1-7(10)3-4-12-9(14)8-5-11-6-13(8)2/h5-7H,3-4,10H2,1-2H3,(H,12,14). The van der Waals surface area contributed by atoms with Gasteiger partial charge in [-0.15, -0.1) is 0 Å². The summed E-state index contributed by atoms with van der Waals surface area (Å²) in [5.41, 5.74) is 6.12. The largest absolute Gasteiger partial charge is 0.351 e. The molecule has 0 fully saturated rings. The van der Waals surface area contributed by atoms with Crippen LogP contribution in [0.1, 0.15) is 23.8 Å². The van der Waals surface area contributed by atoms with Crippen LogP contribution in [0.4, 0.5) is 0 Å². The van der Waals surface area contributed by atoms with Gasteiger partial charge < -0.3 is 15.6 Å². The highest BCUT2D eigenvalue weighted by atomic mass is 16.1. The molecule has 1 atom stereocenters. The zero-order valence-electron chi connectivity index (χ0n) is 8.53. The van der Waals surface area contributed by atoms with Crippen molar-refractivity contribution in [2.75, 3.05) is 6.54 Å². The molecule has 0 saturated carbocycles. The highest BCUT2D eigenvalue weighted by molar-refractivity contribution is 5.92. The predicted molar refractivity (Wildman–Crippen MR) is 53.8 cm³/mol. The fourth-order valence-corrected chi connectivity index (χ4v) is 1.08. The van der Waals surface area contributed by atoms with Gasteiger partial charge in [0.25, 0.3) is 5.91 Å². The summed E-state index contributed by atoms with van der Waals surface area (Å²) in [6, 6.07) is 0.113. The average Bonchev–Trinajstić information content (AvgIpc) is 2.50. The average molecular weight is 196 g/mol. The van der Waals surface area contributed by atoms with E-state index in [-0.39, 0.29) is 11.9 Å². The van der Waals surface area contributed by atoms with Crippen LogP contribution in [-0.2, 0) is 7.05 Å². The van der Waals surface area contributed by atoms with Crippen molar-refractivity contribution in [2.45, 2.75) is 19.4 Å². The maximum absolute atomic E-state index is 11.5. The molecule has 0 aliphatic heterocycles. The van der Waals surface area contributed by atoms with Gasteiger partial charge in [-0.1, -0.05) is 0 Å². The Balaban J connectivity index is 2.40. The molecule has 1 amide bonds. The van der Waals surface area contributed by atoms with Crippen molar-refractivity contribution < 1.29 is 4.79 Å². The number of hydrogen-bond acceptors (Lipinski definition) is 3. The molecule has 1 aromatic heterocycles. The summed E-state index contributed by atoms with van der Waals surface area (Å²) in [4.78, 5) is 15.4. The third kappa shape index (κ3) is 2.85. The number of carbonyl (C=O) groups excluding carboxylic acids is 1. The molecule has 1 unspecified atom stereocenters. The van der Waals surface area contributed by atoms with Crippen molar-refractivity contribution in [3.8, 4) is 0 Å². The highest BCUT2D eigenvalue weighted by Crippen LogP contribution is 1.95. The summed E-state index contributed by atoms with van der Waals surface area (Å²) in [5.74, 6) is -0.106. The number of nitrogens with two attached hydrogens (primary N) is 1. The molecule has 14 heavy (non-hydrogen) atoms. The second-order valence-corrected chi connectivity index (χ2v) is 3.41. The van der Waals surface area contributed by atoms with Crippen LogP contribution in [0.5, 0.6) is 0 Å². The van der Waals surface area contributed by atoms with Gasteiger partial charge >= 0.3 is 0 Å². The normalized spacial score (nSPS) is 12.5. The minimum Gasteiger partial charge on any atom is -0.351 e. The van der Waals surface area contributed by atoms with E-state index in [0.717, 1.165) is 6.42 Å². The zero-order valence-corrected chi connectivity index (χ0v) is 8.53. The Morgan fingerprint density at radius 2 is 2.50 bits per heavy atom. The number of nitrogens with zero attached hydrogens (tertiary/aromatic N) is 2. The molecule has 5 nitrogen and oxygen atoms in total. The van der Waals surface area contributed by atoms with Gasteiger partial charge in [-0.3, -0.25) is 4.79 Å². The molecule has 3 N–H and O–H groups in total. The van der Waals surface area contributed by atoms with Gasteiger partial charge in [0.1, 0.15) is 5.69 Å². The molecule has 0 aromatic carbocycles. The Hall–Kier alpha value is -1.36. The third-order valence-corrected chi connectivity index (χ3v) is 1.93. The molecular formula is C9H16N4O. The Kier molecular flexibility index (Phi) is 3.64. The maximum Gasteiger partial charge on any atom is 0.269 e. The number of aryl methyl sites for hydroxylation is 1. The first kappa shape index (κ1) is 10.7. The first-order chi connectivity index (χ1) is 6.61. The van der Waals surface area contributed by atoms with Crippen LogP contribution in [0.25, 0.3) is 0 Å². The molecule has 0 spiro atoms. The molecule has 0 bridgehead atoms. The lowest BCUT2D eigenvalue weighted by Crippen LogP contribution is -2.29. The Bertz CT molecular complexity index is 306. The molecule has 0 aliphatic carbocycles. The van der Waals surface area contributed by atoms with E-state index in [1.807, 2.05) is 6.92 Å². The lowest BCUT2D eigenvalue weighted by molar-refractivity contribution is 0.0944. The number of imidazole rings is 1. The fraction of sp³-hybridized carbons (Fsp3) is 0.556. The minimum absolute atomic E-state index is 0.106.